The number of nitrogens with one attached hydrogen (secondary N) is 1. The van der Waals surface area contributed by atoms with E-state index >= 15 is 0 Å². The first-order chi connectivity index (χ1) is 15.0. The number of rotatable bonds is 5. The highest BCUT2D eigenvalue weighted by Crippen LogP contribution is 2.33. The van der Waals surface area contributed by atoms with Gasteiger partial charge in [0.05, 0.1) is 12.6 Å². The van der Waals surface area contributed by atoms with Gasteiger partial charge in [-0.05, 0) is 47.6 Å². The van der Waals surface area contributed by atoms with Crippen LogP contribution in [0.2, 0.25) is 0 Å². The average Bonchev–Trinajstić information content (AvgIpc) is 2.75. The molecule has 4 nitrogen and oxygen atoms in total. The first kappa shape index (κ1) is 22.9. The summed E-state index contributed by atoms with van der Waals surface area (Å²) in [7, 11) is 1.99. The number of benzene rings is 2. The van der Waals surface area contributed by atoms with Crippen LogP contribution < -0.4 is 10.2 Å². The van der Waals surface area contributed by atoms with Gasteiger partial charge in [-0.15, -0.1) is 0 Å². The summed E-state index contributed by atoms with van der Waals surface area (Å²) in [4.78, 5) is 15.0. The second-order valence-corrected chi connectivity index (χ2v) is 8.69. The van der Waals surface area contributed by atoms with Gasteiger partial charge in [0.15, 0.2) is 0 Å². The molecule has 1 heterocycles. The van der Waals surface area contributed by atoms with Crippen LogP contribution in [0.4, 0.5) is 5.69 Å². The number of anilines is 1. The number of amides is 1. The molecule has 31 heavy (non-hydrogen) atoms. The number of likely N-dealkylation sites (N-methyl/N-ethyl adjacent to an activating group) is 1. The molecule has 1 aliphatic rings. The molecule has 2 atom stereocenters. The summed E-state index contributed by atoms with van der Waals surface area (Å²) in [5.74, 6) is 6.75. The predicted molar refractivity (Wildman–Crippen MR) is 128 cm³/mol. The zero-order valence-electron chi connectivity index (χ0n) is 19.1. The van der Waals surface area contributed by atoms with Crippen molar-refractivity contribution in [2.45, 2.75) is 58.5 Å². The van der Waals surface area contributed by atoms with Crippen LogP contribution in [0.1, 0.15) is 51.2 Å². The molecule has 2 aromatic carbocycles. The summed E-state index contributed by atoms with van der Waals surface area (Å²) in [5, 5.41) is 12.8. The third-order valence-corrected chi connectivity index (χ3v) is 5.93. The molecule has 1 aliphatic heterocycles. The van der Waals surface area contributed by atoms with Crippen molar-refractivity contribution in [2.24, 2.45) is 5.92 Å². The van der Waals surface area contributed by atoms with Crippen molar-refractivity contribution >= 4 is 11.6 Å². The monoisotopic (exact) mass is 418 g/mol. The molecule has 0 spiro atoms. The molecular formula is C27H34N2O2. The Morgan fingerprint density at radius 1 is 1.23 bits per heavy atom. The van der Waals surface area contributed by atoms with Crippen LogP contribution in [-0.2, 0) is 11.2 Å². The minimum absolute atomic E-state index is 0.0326. The van der Waals surface area contributed by atoms with E-state index in [1.807, 2.05) is 19.2 Å². The third-order valence-electron chi connectivity index (χ3n) is 5.93. The Balaban J connectivity index is 2.06. The van der Waals surface area contributed by atoms with E-state index < -0.39 is 0 Å². The molecule has 4 heteroatoms. The van der Waals surface area contributed by atoms with Gasteiger partial charge in [0, 0.05) is 24.7 Å². The van der Waals surface area contributed by atoms with Crippen molar-refractivity contribution in [2.75, 3.05) is 18.6 Å². The molecule has 2 aromatic rings. The van der Waals surface area contributed by atoms with Gasteiger partial charge in [-0.25, -0.2) is 0 Å². The molecule has 0 bridgehead atoms. The van der Waals surface area contributed by atoms with Gasteiger partial charge in [0.1, 0.15) is 6.04 Å². The van der Waals surface area contributed by atoms with E-state index in [1.165, 1.54) is 0 Å². The number of aliphatic hydroxyl groups is 1. The highest BCUT2D eigenvalue weighted by molar-refractivity contribution is 5.87. The number of nitrogens with zero attached hydrogens (tertiary/aromatic N) is 1. The quantitative estimate of drug-likeness (QED) is 0.559. The molecule has 0 aliphatic carbocycles. The number of unbranched alkanes of at least 4 members (excludes halogenated alkanes) is 2. The van der Waals surface area contributed by atoms with E-state index in [-0.39, 0.29) is 30.5 Å². The van der Waals surface area contributed by atoms with Crippen LogP contribution in [0.15, 0.2) is 42.5 Å². The van der Waals surface area contributed by atoms with E-state index in [9.17, 15) is 9.90 Å². The topological polar surface area (TPSA) is 52.6 Å². The van der Waals surface area contributed by atoms with Crippen molar-refractivity contribution in [3.05, 3.63) is 53.6 Å². The fourth-order valence-corrected chi connectivity index (χ4v) is 4.29. The van der Waals surface area contributed by atoms with Gasteiger partial charge in [-0.2, -0.15) is 0 Å². The lowest BCUT2D eigenvalue weighted by atomic mass is 9.92. The molecule has 0 radical (unpaired) electrons. The van der Waals surface area contributed by atoms with E-state index in [2.05, 4.69) is 73.2 Å². The summed E-state index contributed by atoms with van der Waals surface area (Å²) >= 11 is 0. The van der Waals surface area contributed by atoms with Crippen molar-refractivity contribution in [3.63, 3.8) is 0 Å². The van der Waals surface area contributed by atoms with Gasteiger partial charge >= 0.3 is 0 Å². The van der Waals surface area contributed by atoms with Crippen LogP contribution in [0.25, 0.3) is 11.1 Å². The normalized spacial score (nSPS) is 18.5. The first-order valence-corrected chi connectivity index (χ1v) is 11.3. The van der Waals surface area contributed by atoms with E-state index in [4.69, 9.17) is 0 Å². The third kappa shape index (κ3) is 5.29. The summed E-state index contributed by atoms with van der Waals surface area (Å²) in [6, 6.07) is 14.1. The van der Waals surface area contributed by atoms with Gasteiger partial charge in [-0.1, -0.05) is 69.4 Å². The highest BCUT2D eigenvalue weighted by atomic mass is 16.3. The highest BCUT2D eigenvalue weighted by Gasteiger charge is 2.32. The van der Waals surface area contributed by atoms with Crippen molar-refractivity contribution < 1.29 is 9.90 Å². The van der Waals surface area contributed by atoms with Crippen LogP contribution in [0.5, 0.6) is 0 Å². The molecule has 1 amide bonds. The molecule has 1 unspecified atom stereocenters. The Morgan fingerprint density at radius 2 is 2.00 bits per heavy atom. The van der Waals surface area contributed by atoms with Gasteiger partial charge < -0.3 is 15.3 Å². The number of fused-ring (bicyclic) bond motifs is 1. The second kappa shape index (κ2) is 10.5. The first-order valence-electron chi connectivity index (χ1n) is 11.3. The van der Waals surface area contributed by atoms with Crippen molar-refractivity contribution in [1.29, 1.82) is 0 Å². The molecule has 0 aromatic heterocycles. The van der Waals surface area contributed by atoms with Gasteiger partial charge in [0.2, 0.25) is 5.91 Å². The SMILES string of the molecule is CCCCC#Cc1ccccc1-c1ccc2c(c1)N(C)[C@@H](C(C)C)C(=O)NC(CO)C2. The lowest BCUT2D eigenvalue weighted by Gasteiger charge is -2.37. The summed E-state index contributed by atoms with van der Waals surface area (Å²) in [6.45, 7) is 6.22. The minimum atomic E-state index is -0.299. The average molecular weight is 419 g/mol. The molecule has 0 saturated heterocycles. The van der Waals surface area contributed by atoms with E-state index in [0.29, 0.717) is 6.42 Å². The van der Waals surface area contributed by atoms with Crippen LogP contribution in [0.3, 0.4) is 0 Å². The number of carbonyl (C=O) groups is 1. The van der Waals surface area contributed by atoms with Gasteiger partial charge in [0.25, 0.3) is 0 Å². The Kier molecular flexibility index (Phi) is 7.76. The van der Waals surface area contributed by atoms with Crippen LogP contribution in [0, 0.1) is 17.8 Å². The Morgan fingerprint density at radius 3 is 2.71 bits per heavy atom. The standard InChI is InChI=1S/C27H34N2O2/c1-5-6-7-8-11-20-12-9-10-13-24(20)21-14-15-22-16-23(18-30)28-27(31)26(19(2)3)29(4)25(22)17-21/h9-10,12-15,17,19,23,26,30H,5-7,16,18H2,1-4H3,(H,28,31)/t23?,26-/m0/s1. The number of hydrogen-bond acceptors (Lipinski definition) is 3. The zero-order valence-corrected chi connectivity index (χ0v) is 19.1. The molecule has 3 rings (SSSR count). The lowest BCUT2D eigenvalue weighted by Crippen LogP contribution is -2.54. The maximum Gasteiger partial charge on any atom is 0.243 e. The second-order valence-electron chi connectivity index (χ2n) is 8.69. The molecule has 0 fully saturated rings. The molecule has 164 valence electrons. The van der Waals surface area contributed by atoms with E-state index in [1.54, 1.807) is 0 Å². The minimum Gasteiger partial charge on any atom is -0.394 e. The van der Waals surface area contributed by atoms with E-state index in [0.717, 1.165) is 47.2 Å². The predicted octanol–water partition coefficient (Wildman–Crippen LogP) is 4.39. The number of aliphatic hydroxyl groups excluding tert-OH is 1. The Bertz CT molecular complexity index is 971. The fourth-order valence-electron chi connectivity index (χ4n) is 4.29. The Labute approximate surface area is 186 Å². The summed E-state index contributed by atoms with van der Waals surface area (Å²) < 4.78 is 0. The number of carbonyl (C=O) groups excluding carboxylic acids is 1. The maximum atomic E-state index is 12.9. The Hall–Kier alpha value is -2.77. The number of hydrogen-bond donors (Lipinski definition) is 2. The molecule has 2 N–H and O–H groups in total. The zero-order chi connectivity index (χ0) is 22.4. The van der Waals surface area contributed by atoms with Crippen molar-refractivity contribution in [3.8, 4) is 23.0 Å². The van der Waals surface area contributed by atoms with Gasteiger partial charge in [-0.3, -0.25) is 4.79 Å². The molecular weight excluding hydrogens is 384 g/mol. The van der Waals surface area contributed by atoms with Crippen LogP contribution >= 0.6 is 0 Å². The van der Waals surface area contributed by atoms with Crippen LogP contribution in [-0.4, -0.2) is 36.8 Å². The summed E-state index contributed by atoms with van der Waals surface area (Å²) in [6.07, 6.45) is 3.77. The summed E-state index contributed by atoms with van der Waals surface area (Å²) in [5.41, 5.74) is 5.39. The lowest BCUT2D eigenvalue weighted by molar-refractivity contribution is -0.124. The molecule has 0 saturated carbocycles. The largest absolute Gasteiger partial charge is 0.394 e. The fraction of sp³-hybridized carbons (Fsp3) is 0.444. The smallest absolute Gasteiger partial charge is 0.243 e. The maximum absolute atomic E-state index is 12.9. The van der Waals surface area contributed by atoms with Crippen molar-refractivity contribution in [1.82, 2.24) is 5.32 Å².